The Labute approximate surface area is 154 Å². The van der Waals surface area contributed by atoms with Gasteiger partial charge in [-0.15, -0.1) is 0 Å². The van der Waals surface area contributed by atoms with E-state index in [0.717, 1.165) is 43.9 Å². The van der Waals surface area contributed by atoms with Gasteiger partial charge in [0, 0.05) is 43.4 Å². The van der Waals surface area contributed by atoms with Gasteiger partial charge >= 0.3 is 0 Å². The van der Waals surface area contributed by atoms with Gasteiger partial charge in [0.1, 0.15) is 6.07 Å². The lowest BCUT2D eigenvalue weighted by Gasteiger charge is -2.40. The number of nitrogens with zero attached hydrogens (tertiary/aromatic N) is 3. The van der Waals surface area contributed by atoms with E-state index in [4.69, 9.17) is 0 Å². The van der Waals surface area contributed by atoms with Crippen LogP contribution >= 0.6 is 0 Å². The van der Waals surface area contributed by atoms with Gasteiger partial charge < -0.3 is 9.88 Å². The minimum absolute atomic E-state index is 0.413. The lowest BCUT2D eigenvalue weighted by molar-refractivity contribution is 0.178. The van der Waals surface area contributed by atoms with Crippen molar-refractivity contribution in [1.82, 2.24) is 9.88 Å². The van der Waals surface area contributed by atoms with Crippen molar-refractivity contribution in [3.8, 4) is 6.07 Å². The number of hydrogen-bond donors (Lipinski definition) is 1. The van der Waals surface area contributed by atoms with Gasteiger partial charge in [-0.3, -0.25) is 4.90 Å². The van der Waals surface area contributed by atoms with Crippen LogP contribution in [0.1, 0.15) is 30.6 Å². The van der Waals surface area contributed by atoms with Crippen LogP contribution in [0, 0.1) is 11.3 Å². The number of aromatic amines is 1. The molecule has 0 aliphatic carbocycles. The second-order valence-corrected chi connectivity index (χ2v) is 6.89. The predicted molar refractivity (Wildman–Crippen MR) is 106 cm³/mol. The van der Waals surface area contributed by atoms with Crippen molar-refractivity contribution < 1.29 is 0 Å². The lowest BCUT2D eigenvalue weighted by atomic mass is 10.1. The molecule has 0 bridgehead atoms. The summed E-state index contributed by atoms with van der Waals surface area (Å²) in [4.78, 5) is 8.51. The Morgan fingerprint density at radius 1 is 1.04 bits per heavy atom. The number of fused-ring (bicyclic) bond motifs is 1. The zero-order chi connectivity index (χ0) is 17.9. The molecule has 0 radical (unpaired) electrons. The fourth-order valence-corrected chi connectivity index (χ4v) is 4.07. The number of aromatic nitrogens is 1. The largest absolute Gasteiger partial charge is 0.368 e. The van der Waals surface area contributed by atoms with Crippen LogP contribution in [-0.2, 0) is 0 Å². The summed E-state index contributed by atoms with van der Waals surface area (Å²) in [5, 5.41) is 10.6. The van der Waals surface area contributed by atoms with Gasteiger partial charge in [-0.1, -0.05) is 37.3 Å². The molecule has 4 heteroatoms. The molecule has 4 nitrogen and oxygen atoms in total. The van der Waals surface area contributed by atoms with E-state index in [9.17, 15) is 5.26 Å². The highest BCUT2D eigenvalue weighted by Crippen LogP contribution is 2.29. The monoisotopic (exact) mass is 344 g/mol. The minimum Gasteiger partial charge on any atom is -0.368 e. The Bertz CT molecular complexity index is 895. The highest BCUT2D eigenvalue weighted by Gasteiger charge is 2.25. The smallest absolute Gasteiger partial charge is 0.101 e. The van der Waals surface area contributed by atoms with E-state index in [1.165, 1.54) is 16.6 Å². The molecule has 1 fully saturated rings. The lowest BCUT2D eigenvalue weighted by Crippen LogP contribution is -2.47. The molecule has 26 heavy (non-hydrogen) atoms. The quantitative estimate of drug-likeness (QED) is 0.767. The van der Waals surface area contributed by atoms with Crippen LogP contribution in [0.3, 0.4) is 0 Å². The molecule has 2 aromatic carbocycles. The number of nitrogens with one attached hydrogen (secondary N) is 1. The van der Waals surface area contributed by atoms with E-state index < -0.39 is 0 Å². The highest BCUT2D eigenvalue weighted by molar-refractivity contribution is 5.80. The third kappa shape index (κ3) is 3.07. The number of H-pyrrole nitrogens is 1. The van der Waals surface area contributed by atoms with Crippen molar-refractivity contribution in [2.75, 3.05) is 31.1 Å². The van der Waals surface area contributed by atoms with E-state index in [2.05, 4.69) is 64.2 Å². The molecule has 1 N–H and O–H groups in total. The van der Waals surface area contributed by atoms with Crippen LogP contribution in [-0.4, -0.2) is 36.1 Å². The third-order valence-corrected chi connectivity index (χ3v) is 5.42. The topological polar surface area (TPSA) is 46.1 Å². The number of anilines is 1. The van der Waals surface area contributed by atoms with E-state index in [0.29, 0.717) is 6.04 Å². The Morgan fingerprint density at radius 3 is 2.50 bits per heavy atom. The maximum Gasteiger partial charge on any atom is 0.101 e. The maximum absolute atomic E-state index is 9.35. The number of nitriles is 1. The van der Waals surface area contributed by atoms with Crippen LogP contribution in [0.4, 0.5) is 5.69 Å². The summed E-state index contributed by atoms with van der Waals surface area (Å²) in [6.07, 6.45) is 1.08. The standard InChI is InChI=1S/C22H24N4/c1-2-21(20-15-17-7-3-5-9-19(17)24-20)25-11-13-26(14-12-25)22-10-6-4-8-18(22)16-23/h3-10,15,21,24H,2,11-14H2,1H3. The minimum atomic E-state index is 0.413. The number of benzene rings is 2. The summed E-state index contributed by atoms with van der Waals surface area (Å²) >= 11 is 0. The normalized spacial score (nSPS) is 16.5. The number of piperazine rings is 1. The average Bonchev–Trinajstić information content (AvgIpc) is 3.13. The summed E-state index contributed by atoms with van der Waals surface area (Å²) in [6.45, 7) is 6.18. The summed E-state index contributed by atoms with van der Waals surface area (Å²) in [5.41, 5.74) is 4.35. The molecule has 1 aliphatic rings. The van der Waals surface area contributed by atoms with Crippen LogP contribution in [0.25, 0.3) is 10.9 Å². The van der Waals surface area contributed by atoms with Gasteiger partial charge in [-0.2, -0.15) is 5.26 Å². The molecular formula is C22H24N4. The highest BCUT2D eigenvalue weighted by atomic mass is 15.3. The van der Waals surface area contributed by atoms with Gasteiger partial charge in [0.25, 0.3) is 0 Å². The van der Waals surface area contributed by atoms with E-state index >= 15 is 0 Å². The molecule has 1 atom stereocenters. The van der Waals surface area contributed by atoms with Crippen LogP contribution in [0.5, 0.6) is 0 Å². The van der Waals surface area contributed by atoms with Crippen molar-refractivity contribution >= 4 is 16.6 Å². The van der Waals surface area contributed by atoms with Gasteiger partial charge in [0.2, 0.25) is 0 Å². The Hall–Kier alpha value is -2.77. The molecule has 4 rings (SSSR count). The SMILES string of the molecule is CCC(c1cc2ccccc2[nH]1)N1CCN(c2ccccc2C#N)CC1. The van der Waals surface area contributed by atoms with Crippen LogP contribution < -0.4 is 4.90 Å². The first kappa shape index (κ1) is 16.7. The first-order chi connectivity index (χ1) is 12.8. The van der Waals surface area contributed by atoms with Gasteiger partial charge in [0.15, 0.2) is 0 Å². The zero-order valence-electron chi connectivity index (χ0n) is 15.2. The maximum atomic E-state index is 9.35. The van der Waals surface area contributed by atoms with E-state index in [-0.39, 0.29) is 0 Å². The molecule has 1 aromatic heterocycles. The number of para-hydroxylation sites is 2. The van der Waals surface area contributed by atoms with Crippen molar-refractivity contribution in [1.29, 1.82) is 5.26 Å². The molecule has 1 aliphatic heterocycles. The van der Waals surface area contributed by atoms with Gasteiger partial charge in [-0.05, 0) is 36.1 Å². The number of hydrogen-bond acceptors (Lipinski definition) is 3. The van der Waals surface area contributed by atoms with Gasteiger partial charge in [0.05, 0.1) is 11.3 Å². The third-order valence-electron chi connectivity index (χ3n) is 5.42. The van der Waals surface area contributed by atoms with Crippen molar-refractivity contribution in [2.24, 2.45) is 0 Å². The molecule has 1 unspecified atom stereocenters. The Kier molecular flexibility index (Phi) is 4.64. The van der Waals surface area contributed by atoms with E-state index in [1.807, 2.05) is 18.2 Å². The molecule has 0 amide bonds. The summed E-state index contributed by atoms with van der Waals surface area (Å²) in [5.74, 6) is 0. The molecule has 2 heterocycles. The second-order valence-electron chi connectivity index (χ2n) is 6.89. The first-order valence-electron chi connectivity index (χ1n) is 9.36. The fraction of sp³-hybridized carbons (Fsp3) is 0.318. The average molecular weight is 344 g/mol. The zero-order valence-corrected chi connectivity index (χ0v) is 15.2. The molecular weight excluding hydrogens is 320 g/mol. The van der Waals surface area contributed by atoms with Crippen LogP contribution in [0.2, 0.25) is 0 Å². The molecule has 3 aromatic rings. The Morgan fingerprint density at radius 2 is 1.77 bits per heavy atom. The molecule has 0 spiro atoms. The fourth-order valence-electron chi connectivity index (χ4n) is 4.07. The molecule has 1 saturated heterocycles. The number of rotatable bonds is 4. The van der Waals surface area contributed by atoms with E-state index in [1.54, 1.807) is 0 Å². The summed E-state index contributed by atoms with van der Waals surface area (Å²) in [6, 6.07) is 21.4. The van der Waals surface area contributed by atoms with Crippen molar-refractivity contribution in [3.63, 3.8) is 0 Å². The Balaban J connectivity index is 1.50. The van der Waals surface area contributed by atoms with Crippen LogP contribution in [0.15, 0.2) is 54.6 Å². The molecule has 0 saturated carbocycles. The second kappa shape index (κ2) is 7.23. The molecule has 132 valence electrons. The predicted octanol–water partition coefficient (Wildman–Crippen LogP) is 4.31. The van der Waals surface area contributed by atoms with Gasteiger partial charge in [-0.25, -0.2) is 0 Å². The van der Waals surface area contributed by atoms with Crippen molar-refractivity contribution in [3.05, 3.63) is 65.9 Å². The first-order valence-corrected chi connectivity index (χ1v) is 9.36. The van der Waals surface area contributed by atoms with Crippen molar-refractivity contribution in [2.45, 2.75) is 19.4 Å². The summed E-state index contributed by atoms with van der Waals surface area (Å²) in [7, 11) is 0. The summed E-state index contributed by atoms with van der Waals surface area (Å²) < 4.78 is 0.